The fourth-order valence-corrected chi connectivity index (χ4v) is 4.39. The van der Waals surface area contributed by atoms with Gasteiger partial charge in [-0.15, -0.1) is 0 Å². The van der Waals surface area contributed by atoms with Crippen LogP contribution in [0, 0.1) is 12.7 Å². The van der Waals surface area contributed by atoms with Crippen LogP contribution in [-0.4, -0.2) is 44.3 Å². The van der Waals surface area contributed by atoms with E-state index in [-0.39, 0.29) is 23.2 Å². The lowest BCUT2D eigenvalue weighted by Crippen LogP contribution is -2.47. The Labute approximate surface area is 170 Å². The number of benzene rings is 2. The van der Waals surface area contributed by atoms with E-state index in [2.05, 4.69) is 4.72 Å². The molecule has 152 valence electrons. The number of rotatable bonds is 9. The summed E-state index contributed by atoms with van der Waals surface area (Å²) in [4.78, 5) is 14.4. The molecule has 0 unspecified atom stereocenters. The first kappa shape index (κ1) is 22.4. The zero-order valence-corrected chi connectivity index (χ0v) is 17.8. The minimum atomic E-state index is -3.83. The van der Waals surface area contributed by atoms with Gasteiger partial charge in [-0.25, -0.2) is 12.8 Å². The van der Waals surface area contributed by atoms with Gasteiger partial charge in [0.2, 0.25) is 15.9 Å². The minimum Gasteiger partial charge on any atom is -0.340 e. The van der Waals surface area contributed by atoms with Crippen molar-refractivity contribution in [3.8, 4) is 0 Å². The summed E-state index contributed by atoms with van der Waals surface area (Å²) >= 11 is 1.53. The van der Waals surface area contributed by atoms with Crippen LogP contribution in [0.4, 0.5) is 4.39 Å². The molecule has 0 aliphatic rings. The summed E-state index contributed by atoms with van der Waals surface area (Å²) in [6.07, 6.45) is 2.26. The van der Waals surface area contributed by atoms with Crippen LogP contribution in [0.3, 0.4) is 0 Å². The molecule has 28 heavy (non-hydrogen) atoms. The Morgan fingerprint density at radius 2 is 1.89 bits per heavy atom. The SMILES string of the molecule is CSCC[C@H](NS(=O)(=O)c1ccc(C)cc1)C(=O)N(C)Cc1cccc(F)c1. The predicted octanol–water partition coefficient (Wildman–Crippen LogP) is 3.19. The lowest BCUT2D eigenvalue weighted by molar-refractivity contribution is -0.132. The smallest absolute Gasteiger partial charge is 0.241 e. The Balaban J connectivity index is 2.16. The molecular weight excluding hydrogens is 399 g/mol. The van der Waals surface area contributed by atoms with Gasteiger partial charge < -0.3 is 4.90 Å². The summed E-state index contributed by atoms with van der Waals surface area (Å²) < 4.78 is 41.3. The molecule has 0 saturated heterocycles. The van der Waals surface area contributed by atoms with Crippen molar-refractivity contribution in [2.24, 2.45) is 0 Å². The van der Waals surface area contributed by atoms with E-state index in [4.69, 9.17) is 0 Å². The molecule has 1 atom stereocenters. The van der Waals surface area contributed by atoms with E-state index in [1.807, 2.05) is 13.2 Å². The fraction of sp³-hybridized carbons (Fsp3) is 0.350. The third-order valence-corrected chi connectivity index (χ3v) is 6.35. The Morgan fingerprint density at radius 1 is 1.21 bits per heavy atom. The highest BCUT2D eigenvalue weighted by molar-refractivity contribution is 7.98. The van der Waals surface area contributed by atoms with E-state index in [1.165, 1.54) is 40.9 Å². The molecule has 1 N–H and O–H groups in total. The molecular formula is C20H25FN2O3S2. The van der Waals surface area contributed by atoms with Gasteiger partial charge in [0.1, 0.15) is 11.9 Å². The van der Waals surface area contributed by atoms with Crippen molar-refractivity contribution < 1.29 is 17.6 Å². The highest BCUT2D eigenvalue weighted by Crippen LogP contribution is 2.14. The van der Waals surface area contributed by atoms with Crippen LogP contribution >= 0.6 is 11.8 Å². The maximum atomic E-state index is 13.4. The van der Waals surface area contributed by atoms with Crippen molar-refractivity contribution in [2.75, 3.05) is 19.1 Å². The maximum absolute atomic E-state index is 13.4. The number of carbonyl (C=O) groups excluding carboxylic acids is 1. The quantitative estimate of drug-likeness (QED) is 0.671. The van der Waals surface area contributed by atoms with E-state index in [0.29, 0.717) is 17.7 Å². The molecule has 0 fully saturated rings. The van der Waals surface area contributed by atoms with Crippen molar-refractivity contribution in [3.05, 3.63) is 65.5 Å². The summed E-state index contributed by atoms with van der Waals surface area (Å²) in [6, 6.07) is 11.6. The Kier molecular flexibility index (Phi) is 8.03. The van der Waals surface area contributed by atoms with Crippen LogP contribution in [0.1, 0.15) is 17.5 Å². The van der Waals surface area contributed by atoms with Crippen molar-refractivity contribution in [1.82, 2.24) is 9.62 Å². The first-order valence-electron chi connectivity index (χ1n) is 8.80. The molecule has 2 aromatic carbocycles. The molecule has 0 bridgehead atoms. The molecule has 0 radical (unpaired) electrons. The van der Waals surface area contributed by atoms with Crippen molar-refractivity contribution in [1.29, 1.82) is 0 Å². The summed E-state index contributed by atoms with van der Waals surface area (Å²) in [7, 11) is -2.25. The topological polar surface area (TPSA) is 66.5 Å². The predicted molar refractivity (Wildman–Crippen MR) is 111 cm³/mol. The van der Waals surface area contributed by atoms with Gasteiger partial charge in [0.15, 0.2) is 0 Å². The number of hydrogen-bond donors (Lipinski definition) is 1. The first-order chi connectivity index (χ1) is 13.2. The standard InChI is InChI=1S/C20H25FN2O3S2/c1-15-7-9-18(10-8-15)28(25,26)22-19(11-12-27-3)20(24)23(2)14-16-5-4-6-17(21)13-16/h4-10,13,19,22H,11-12,14H2,1-3H3/t19-/m0/s1. The zero-order valence-electron chi connectivity index (χ0n) is 16.2. The lowest BCUT2D eigenvalue weighted by Gasteiger charge is -2.24. The minimum absolute atomic E-state index is 0.118. The lowest BCUT2D eigenvalue weighted by atomic mass is 10.1. The van der Waals surface area contributed by atoms with Crippen LogP contribution in [0.2, 0.25) is 0 Å². The van der Waals surface area contributed by atoms with Gasteiger partial charge in [-0.3, -0.25) is 4.79 Å². The molecule has 2 rings (SSSR count). The van der Waals surface area contributed by atoms with Gasteiger partial charge in [0, 0.05) is 13.6 Å². The number of amides is 1. The van der Waals surface area contributed by atoms with Crippen molar-refractivity contribution in [3.63, 3.8) is 0 Å². The van der Waals surface area contributed by atoms with Gasteiger partial charge in [-0.1, -0.05) is 29.8 Å². The fourth-order valence-electron chi connectivity index (χ4n) is 2.69. The van der Waals surface area contributed by atoms with Crippen LogP contribution in [0.15, 0.2) is 53.4 Å². The summed E-state index contributed by atoms with van der Waals surface area (Å²) in [5, 5.41) is 0. The molecule has 1 amide bonds. The normalized spacial score (nSPS) is 12.6. The molecule has 0 aliphatic carbocycles. The number of thioether (sulfide) groups is 1. The largest absolute Gasteiger partial charge is 0.340 e. The van der Waals surface area contributed by atoms with E-state index in [9.17, 15) is 17.6 Å². The van der Waals surface area contributed by atoms with Crippen LogP contribution in [0.5, 0.6) is 0 Å². The molecule has 8 heteroatoms. The second-order valence-corrected chi connectivity index (χ2v) is 9.29. The third kappa shape index (κ3) is 6.32. The number of carbonyl (C=O) groups is 1. The average molecular weight is 425 g/mol. The van der Waals surface area contributed by atoms with Gasteiger partial charge >= 0.3 is 0 Å². The zero-order chi connectivity index (χ0) is 20.7. The van der Waals surface area contributed by atoms with Crippen LogP contribution < -0.4 is 4.72 Å². The van der Waals surface area contributed by atoms with Gasteiger partial charge in [-0.2, -0.15) is 16.5 Å². The number of nitrogens with zero attached hydrogens (tertiary/aromatic N) is 1. The Bertz CT molecular complexity index is 902. The molecule has 0 spiro atoms. The van der Waals surface area contributed by atoms with Gasteiger partial charge in [0.25, 0.3) is 0 Å². The maximum Gasteiger partial charge on any atom is 0.241 e. The van der Waals surface area contributed by atoms with Crippen molar-refractivity contribution in [2.45, 2.75) is 30.8 Å². The van der Waals surface area contributed by atoms with E-state index in [0.717, 1.165) is 5.56 Å². The third-order valence-electron chi connectivity index (χ3n) is 4.22. The summed E-state index contributed by atoms with van der Waals surface area (Å²) in [5.74, 6) is -0.105. The van der Waals surface area contributed by atoms with E-state index < -0.39 is 16.1 Å². The number of likely N-dealkylation sites (N-methyl/N-ethyl adjacent to an activating group) is 1. The summed E-state index contributed by atoms with van der Waals surface area (Å²) in [5.41, 5.74) is 1.59. The highest BCUT2D eigenvalue weighted by atomic mass is 32.2. The number of nitrogens with one attached hydrogen (secondary N) is 1. The van der Waals surface area contributed by atoms with E-state index in [1.54, 1.807) is 31.3 Å². The number of sulfonamides is 1. The Hall–Kier alpha value is -1.90. The molecule has 0 aliphatic heterocycles. The van der Waals surface area contributed by atoms with Crippen LogP contribution in [0.25, 0.3) is 0 Å². The van der Waals surface area contributed by atoms with Crippen LogP contribution in [-0.2, 0) is 21.4 Å². The second kappa shape index (κ2) is 10.0. The van der Waals surface area contributed by atoms with Gasteiger partial charge in [0.05, 0.1) is 4.90 Å². The Morgan fingerprint density at radius 3 is 2.50 bits per heavy atom. The molecule has 0 saturated carbocycles. The van der Waals surface area contributed by atoms with Crippen molar-refractivity contribution >= 4 is 27.7 Å². The molecule has 0 aromatic heterocycles. The van der Waals surface area contributed by atoms with Gasteiger partial charge in [-0.05, 0) is 55.2 Å². The molecule has 2 aromatic rings. The molecule has 5 nitrogen and oxygen atoms in total. The summed E-state index contributed by atoms with van der Waals surface area (Å²) in [6.45, 7) is 2.06. The number of hydrogen-bond acceptors (Lipinski definition) is 4. The second-order valence-electron chi connectivity index (χ2n) is 6.59. The molecule has 0 heterocycles. The average Bonchev–Trinajstić information content (AvgIpc) is 2.64. The number of aryl methyl sites for hydroxylation is 1. The first-order valence-corrected chi connectivity index (χ1v) is 11.7. The van der Waals surface area contributed by atoms with E-state index >= 15 is 0 Å². The highest BCUT2D eigenvalue weighted by Gasteiger charge is 2.27. The number of halogens is 1. The monoisotopic (exact) mass is 424 g/mol.